The summed E-state index contributed by atoms with van der Waals surface area (Å²) in [4.78, 5) is 8.97. The van der Waals surface area contributed by atoms with Crippen molar-refractivity contribution in [1.82, 2.24) is 15.1 Å². The lowest BCUT2D eigenvalue weighted by Crippen LogP contribution is -2.12. The Kier molecular flexibility index (Phi) is 4.95. The molecule has 6 nitrogen and oxygen atoms in total. The molecule has 0 aliphatic heterocycles. The molecule has 6 heteroatoms. The quantitative estimate of drug-likeness (QED) is 0.558. The van der Waals surface area contributed by atoms with Crippen LogP contribution in [0.4, 0.5) is 0 Å². The van der Waals surface area contributed by atoms with E-state index < -0.39 is 0 Å². The van der Waals surface area contributed by atoms with Crippen LogP contribution < -0.4 is 0 Å². The van der Waals surface area contributed by atoms with Crippen LogP contribution in [0.1, 0.15) is 79.5 Å². The van der Waals surface area contributed by atoms with Crippen LogP contribution in [0.2, 0.25) is 0 Å². The molecule has 0 saturated heterocycles. The Morgan fingerprint density at radius 3 is 2.68 bits per heavy atom. The second-order valence-electron chi connectivity index (χ2n) is 7.94. The van der Waals surface area contributed by atoms with Crippen LogP contribution in [0.3, 0.4) is 0 Å². The van der Waals surface area contributed by atoms with E-state index in [1.54, 1.807) is 6.20 Å². The minimum atomic E-state index is -0.334. The van der Waals surface area contributed by atoms with Gasteiger partial charge in [-0.15, -0.1) is 0 Å². The van der Waals surface area contributed by atoms with Crippen LogP contribution >= 0.6 is 0 Å². The van der Waals surface area contributed by atoms with Crippen LogP contribution in [-0.2, 0) is 11.2 Å². The van der Waals surface area contributed by atoms with Gasteiger partial charge >= 0.3 is 0 Å². The van der Waals surface area contributed by atoms with E-state index in [0.717, 1.165) is 23.8 Å². The summed E-state index contributed by atoms with van der Waals surface area (Å²) in [5.74, 6) is 3.84. The van der Waals surface area contributed by atoms with E-state index in [0.29, 0.717) is 30.0 Å². The zero-order valence-electron chi connectivity index (χ0n) is 15.9. The first kappa shape index (κ1) is 17.6. The van der Waals surface area contributed by atoms with Gasteiger partial charge in [-0.2, -0.15) is 4.98 Å². The fraction of sp³-hybridized carbons (Fsp3) is 0.500. The third kappa shape index (κ3) is 4.02. The zero-order chi connectivity index (χ0) is 18.8. The maximum atomic E-state index is 6.27. The number of rotatable bonds is 8. The monoisotopic (exact) mass is 379 g/mol. The third-order valence-corrected chi connectivity index (χ3v) is 5.61. The highest BCUT2D eigenvalue weighted by Gasteiger charge is 2.29. The smallest absolute Gasteiger partial charge is 0.260 e. The lowest BCUT2D eigenvalue weighted by molar-refractivity contribution is 0.0344. The molecular weight excluding hydrogens is 354 g/mol. The number of aromatic nitrogens is 3. The maximum absolute atomic E-state index is 6.27. The molecule has 2 fully saturated rings. The standard InChI is InChI=1S/C22H25N3O3/c1-2-8-16(9-3-1)20(26-14-15-6-4-5-7-15)22-24-19(25-28-22)12-18-13-23-21(27-18)17-10-11-17/h1-3,8-9,13,15,17,20H,4-7,10-12,14H2. The number of ether oxygens (including phenoxy) is 1. The van der Waals surface area contributed by atoms with Crippen molar-refractivity contribution in [1.29, 1.82) is 0 Å². The van der Waals surface area contributed by atoms with E-state index in [2.05, 4.69) is 15.1 Å². The Morgan fingerprint density at radius 2 is 1.89 bits per heavy atom. The van der Waals surface area contributed by atoms with Crippen molar-refractivity contribution in [2.75, 3.05) is 6.61 Å². The molecule has 1 atom stereocenters. The summed E-state index contributed by atoms with van der Waals surface area (Å²) in [6, 6.07) is 10.1. The SMILES string of the molecule is c1ccc(C(OCC2CCCC2)c2nc(Cc3cnc(C4CC4)o3)no2)cc1. The maximum Gasteiger partial charge on any atom is 0.260 e. The summed E-state index contributed by atoms with van der Waals surface area (Å²) >= 11 is 0. The van der Waals surface area contributed by atoms with Gasteiger partial charge in [0.1, 0.15) is 5.76 Å². The van der Waals surface area contributed by atoms with Crippen molar-refractivity contribution in [2.24, 2.45) is 5.92 Å². The lowest BCUT2D eigenvalue weighted by Gasteiger charge is -2.17. The Hall–Kier alpha value is -2.47. The number of hydrogen-bond acceptors (Lipinski definition) is 6. The molecule has 0 radical (unpaired) electrons. The largest absolute Gasteiger partial charge is 0.445 e. The van der Waals surface area contributed by atoms with E-state index in [9.17, 15) is 0 Å². The summed E-state index contributed by atoms with van der Waals surface area (Å²) < 4.78 is 17.7. The topological polar surface area (TPSA) is 74.2 Å². The van der Waals surface area contributed by atoms with Gasteiger partial charge in [0.25, 0.3) is 5.89 Å². The van der Waals surface area contributed by atoms with E-state index in [1.807, 2.05) is 30.3 Å². The molecule has 1 aromatic carbocycles. The highest BCUT2D eigenvalue weighted by Crippen LogP contribution is 2.39. The molecular formula is C22H25N3O3. The van der Waals surface area contributed by atoms with Gasteiger partial charge < -0.3 is 13.7 Å². The second-order valence-corrected chi connectivity index (χ2v) is 7.94. The van der Waals surface area contributed by atoms with Crippen LogP contribution in [0.25, 0.3) is 0 Å². The summed E-state index contributed by atoms with van der Waals surface area (Å²) in [6.07, 6.45) is 9.34. The second kappa shape index (κ2) is 7.87. The Labute approximate surface area is 164 Å². The Bertz CT molecular complexity index is 895. The normalized spacial score (nSPS) is 18.6. The van der Waals surface area contributed by atoms with Crippen molar-refractivity contribution in [3.63, 3.8) is 0 Å². The average molecular weight is 379 g/mol. The van der Waals surface area contributed by atoms with Gasteiger partial charge in [0.15, 0.2) is 17.8 Å². The molecule has 0 amide bonds. The number of hydrogen-bond donors (Lipinski definition) is 0. The van der Waals surface area contributed by atoms with Gasteiger partial charge in [0.2, 0.25) is 0 Å². The van der Waals surface area contributed by atoms with Crippen molar-refractivity contribution in [2.45, 2.75) is 57.0 Å². The van der Waals surface area contributed by atoms with E-state index in [4.69, 9.17) is 13.7 Å². The van der Waals surface area contributed by atoms with E-state index in [1.165, 1.54) is 38.5 Å². The van der Waals surface area contributed by atoms with Gasteiger partial charge in [0, 0.05) is 5.92 Å². The lowest BCUT2D eigenvalue weighted by atomic mass is 10.1. The van der Waals surface area contributed by atoms with E-state index in [-0.39, 0.29) is 6.10 Å². The molecule has 28 heavy (non-hydrogen) atoms. The molecule has 2 aromatic heterocycles. The summed E-state index contributed by atoms with van der Waals surface area (Å²) in [5.41, 5.74) is 1.03. The molecule has 1 unspecified atom stereocenters. The number of nitrogens with zero attached hydrogens (tertiary/aromatic N) is 3. The van der Waals surface area contributed by atoms with Crippen molar-refractivity contribution in [3.8, 4) is 0 Å². The summed E-state index contributed by atoms with van der Waals surface area (Å²) in [5, 5.41) is 4.15. The van der Waals surface area contributed by atoms with Crippen LogP contribution in [0.5, 0.6) is 0 Å². The Morgan fingerprint density at radius 1 is 1.07 bits per heavy atom. The third-order valence-electron chi connectivity index (χ3n) is 5.61. The Balaban J connectivity index is 1.31. The molecule has 146 valence electrons. The van der Waals surface area contributed by atoms with Crippen LogP contribution in [0.15, 0.2) is 45.5 Å². The molecule has 2 aliphatic carbocycles. The minimum Gasteiger partial charge on any atom is -0.445 e. The first-order valence-electron chi connectivity index (χ1n) is 10.3. The molecule has 0 bridgehead atoms. The molecule has 2 heterocycles. The van der Waals surface area contributed by atoms with Gasteiger partial charge in [-0.05, 0) is 37.2 Å². The first-order chi connectivity index (χ1) is 13.8. The fourth-order valence-electron chi connectivity index (χ4n) is 3.87. The number of oxazole rings is 1. The molecule has 5 rings (SSSR count). The predicted octanol–water partition coefficient (Wildman–Crippen LogP) is 4.82. The molecule has 2 aliphatic rings. The zero-order valence-corrected chi connectivity index (χ0v) is 15.9. The van der Waals surface area contributed by atoms with E-state index >= 15 is 0 Å². The fourth-order valence-corrected chi connectivity index (χ4v) is 3.87. The molecule has 0 spiro atoms. The first-order valence-corrected chi connectivity index (χ1v) is 10.3. The van der Waals surface area contributed by atoms with Crippen LogP contribution in [-0.4, -0.2) is 21.7 Å². The van der Waals surface area contributed by atoms with Gasteiger partial charge in [-0.1, -0.05) is 48.3 Å². The highest BCUT2D eigenvalue weighted by atomic mass is 16.5. The minimum absolute atomic E-state index is 0.334. The summed E-state index contributed by atoms with van der Waals surface area (Å²) in [6.45, 7) is 0.726. The van der Waals surface area contributed by atoms with Gasteiger partial charge in [-0.3, -0.25) is 0 Å². The summed E-state index contributed by atoms with van der Waals surface area (Å²) in [7, 11) is 0. The molecule has 0 N–H and O–H groups in total. The van der Waals surface area contributed by atoms with Gasteiger partial charge in [0.05, 0.1) is 19.2 Å². The molecule has 2 saturated carbocycles. The predicted molar refractivity (Wildman–Crippen MR) is 102 cm³/mol. The highest BCUT2D eigenvalue weighted by molar-refractivity contribution is 5.22. The molecule has 3 aromatic rings. The van der Waals surface area contributed by atoms with Crippen molar-refractivity contribution >= 4 is 0 Å². The number of benzene rings is 1. The van der Waals surface area contributed by atoms with Gasteiger partial charge in [-0.25, -0.2) is 4.98 Å². The van der Waals surface area contributed by atoms with Crippen LogP contribution in [0, 0.1) is 5.92 Å². The van der Waals surface area contributed by atoms with Crippen molar-refractivity contribution < 1.29 is 13.7 Å². The average Bonchev–Trinajstić information content (AvgIpc) is 3.12. The van der Waals surface area contributed by atoms with Crippen molar-refractivity contribution in [3.05, 3.63) is 65.5 Å².